The zero-order valence-corrected chi connectivity index (χ0v) is 16.4. The van der Waals surface area contributed by atoms with Crippen LogP contribution in [0, 0.1) is 0 Å². The summed E-state index contributed by atoms with van der Waals surface area (Å²) in [6, 6.07) is 15.3. The van der Waals surface area contributed by atoms with Crippen LogP contribution in [0.1, 0.15) is 43.7 Å². The maximum absolute atomic E-state index is 12.5. The topological polar surface area (TPSA) is 52.7 Å². The number of hydrogen-bond donors (Lipinski definition) is 1. The molecule has 2 fully saturated rings. The quantitative estimate of drug-likeness (QED) is 0.752. The number of nitrogens with one attached hydrogen (secondary N) is 1. The van der Waals surface area contributed by atoms with Crippen molar-refractivity contribution in [3.8, 4) is 0 Å². The van der Waals surface area contributed by atoms with Gasteiger partial charge in [0, 0.05) is 32.1 Å². The Morgan fingerprint density at radius 1 is 1.07 bits per heavy atom. The third-order valence-electron chi connectivity index (χ3n) is 5.99. The largest absolute Gasteiger partial charge is 0.355 e. The van der Waals surface area contributed by atoms with Crippen LogP contribution in [0.3, 0.4) is 0 Å². The first-order valence-corrected chi connectivity index (χ1v) is 10.5. The number of likely N-dealkylation sites (tertiary alicyclic amines) is 2. The number of carbonyl (C=O) groups is 2. The fourth-order valence-electron chi connectivity index (χ4n) is 4.59. The molecule has 0 saturated carbocycles. The Bertz CT molecular complexity index is 845. The first-order chi connectivity index (χ1) is 13.7. The van der Waals surface area contributed by atoms with Crippen molar-refractivity contribution in [1.29, 1.82) is 0 Å². The molecular formula is C23H29N3O2. The molecule has 2 heterocycles. The minimum absolute atomic E-state index is 0.0832. The summed E-state index contributed by atoms with van der Waals surface area (Å²) in [6.07, 6.45) is 4.69. The van der Waals surface area contributed by atoms with Crippen molar-refractivity contribution in [2.75, 3.05) is 32.7 Å². The van der Waals surface area contributed by atoms with Crippen molar-refractivity contribution in [2.24, 2.45) is 0 Å². The van der Waals surface area contributed by atoms with E-state index in [4.69, 9.17) is 0 Å². The van der Waals surface area contributed by atoms with E-state index >= 15 is 0 Å². The normalized spacial score (nSPS) is 20.2. The van der Waals surface area contributed by atoms with Gasteiger partial charge < -0.3 is 10.2 Å². The van der Waals surface area contributed by atoms with Gasteiger partial charge in [0.15, 0.2) is 0 Å². The van der Waals surface area contributed by atoms with Gasteiger partial charge in [0.2, 0.25) is 11.8 Å². The lowest BCUT2D eigenvalue weighted by Crippen LogP contribution is -2.38. The summed E-state index contributed by atoms with van der Waals surface area (Å²) in [4.78, 5) is 28.3. The Labute approximate surface area is 166 Å². The molecule has 0 radical (unpaired) electrons. The van der Waals surface area contributed by atoms with Gasteiger partial charge in [-0.1, -0.05) is 42.5 Å². The molecule has 148 valence electrons. The van der Waals surface area contributed by atoms with E-state index < -0.39 is 0 Å². The van der Waals surface area contributed by atoms with Gasteiger partial charge in [-0.05, 0) is 48.6 Å². The number of rotatable bonds is 7. The number of hydrogen-bond acceptors (Lipinski definition) is 3. The van der Waals surface area contributed by atoms with E-state index in [-0.39, 0.29) is 11.8 Å². The predicted octanol–water partition coefficient (Wildman–Crippen LogP) is 3.11. The molecule has 4 rings (SSSR count). The summed E-state index contributed by atoms with van der Waals surface area (Å²) in [5.74, 6) is 0.334. The summed E-state index contributed by atoms with van der Waals surface area (Å²) in [7, 11) is 0. The molecule has 2 aromatic carbocycles. The first-order valence-electron chi connectivity index (χ1n) is 10.5. The Kier molecular flexibility index (Phi) is 5.91. The molecule has 2 amide bonds. The second-order valence-corrected chi connectivity index (χ2v) is 7.88. The molecule has 1 atom stereocenters. The van der Waals surface area contributed by atoms with E-state index in [0.29, 0.717) is 25.6 Å². The maximum atomic E-state index is 12.5. The fourth-order valence-corrected chi connectivity index (χ4v) is 4.59. The lowest BCUT2D eigenvalue weighted by molar-refractivity contribution is -0.127. The minimum Gasteiger partial charge on any atom is -0.355 e. The number of benzene rings is 2. The highest BCUT2D eigenvalue weighted by atomic mass is 16.2. The highest BCUT2D eigenvalue weighted by Gasteiger charge is 2.28. The highest BCUT2D eigenvalue weighted by Crippen LogP contribution is 2.35. The van der Waals surface area contributed by atoms with E-state index in [0.717, 1.165) is 45.3 Å². The molecule has 2 saturated heterocycles. The molecular weight excluding hydrogens is 350 g/mol. The Balaban J connectivity index is 1.31. The summed E-state index contributed by atoms with van der Waals surface area (Å²) in [5, 5.41) is 5.59. The summed E-state index contributed by atoms with van der Waals surface area (Å²) >= 11 is 0. The van der Waals surface area contributed by atoms with Crippen LogP contribution in [0.25, 0.3) is 10.8 Å². The average Bonchev–Trinajstić information content (AvgIpc) is 3.33. The summed E-state index contributed by atoms with van der Waals surface area (Å²) in [5.41, 5.74) is 1.33. The van der Waals surface area contributed by atoms with Gasteiger partial charge in [0.05, 0.1) is 6.54 Å². The molecule has 1 N–H and O–H groups in total. The molecule has 28 heavy (non-hydrogen) atoms. The van der Waals surface area contributed by atoms with E-state index in [1.54, 1.807) is 0 Å². The Morgan fingerprint density at radius 3 is 2.79 bits per heavy atom. The van der Waals surface area contributed by atoms with Gasteiger partial charge in [0.1, 0.15) is 0 Å². The SMILES string of the molecule is O=C(CN1CCCC1c1cccc2ccccc12)NCCCN1CCCC1=O. The van der Waals surface area contributed by atoms with E-state index in [9.17, 15) is 9.59 Å². The Hall–Kier alpha value is -2.40. The molecule has 2 aliphatic rings. The second-order valence-electron chi connectivity index (χ2n) is 7.88. The monoisotopic (exact) mass is 379 g/mol. The highest BCUT2D eigenvalue weighted by molar-refractivity contribution is 5.86. The lowest BCUT2D eigenvalue weighted by atomic mass is 9.97. The van der Waals surface area contributed by atoms with Crippen molar-refractivity contribution < 1.29 is 9.59 Å². The van der Waals surface area contributed by atoms with Crippen LogP contribution in [0.2, 0.25) is 0 Å². The lowest BCUT2D eigenvalue weighted by Gasteiger charge is -2.25. The van der Waals surface area contributed by atoms with Gasteiger partial charge in [-0.3, -0.25) is 14.5 Å². The van der Waals surface area contributed by atoms with Gasteiger partial charge in [-0.2, -0.15) is 0 Å². The molecule has 0 aliphatic carbocycles. The first kappa shape index (κ1) is 18.9. The van der Waals surface area contributed by atoms with Crippen molar-refractivity contribution in [2.45, 2.75) is 38.1 Å². The maximum Gasteiger partial charge on any atom is 0.234 e. The molecule has 0 spiro atoms. The predicted molar refractivity (Wildman–Crippen MR) is 111 cm³/mol. The van der Waals surface area contributed by atoms with Gasteiger partial charge in [0.25, 0.3) is 0 Å². The van der Waals surface area contributed by atoms with Crippen LogP contribution in [0.4, 0.5) is 0 Å². The third kappa shape index (κ3) is 4.20. The summed E-state index contributed by atoms with van der Waals surface area (Å²) < 4.78 is 0. The number of amides is 2. The van der Waals surface area contributed by atoms with Gasteiger partial charge in [-0.15, -0.1) is 0 Å². The van der Waals surface area contributed by atoms with E-state index in [1.165, 1.54) is 16.3 Å². The summed E-state index contributed by atoms with van der Waals surface area (Å²) in [6.45, 7) is 3.66. The van der Waals surface area contributed by atoms with Crippen LogP contribution in [-0.4, -0.2) is 54.3 Å². The zero-order chi connectivity index (χ0) is 19.3. The van der Waals surface area contributed by atoms with Crippen molar-refractivity contribution in [3.05, 3.63) is 48.0 Å². The van der Waals surface area contributed by atoms with Crippen LogP contribution < -0.4 is 5.32 Å². The number of carbonyl (C=O) groups excluding carboxylic acids is 2. The van der Waals surface area contributed by atoms with Crippen LogP contribution in [0.5, 0.6) is 0 Å². The molecule has 2 aliphatic heterocycles. The molecule has 2 aromatic rings. The van der Waals surface area contributed by atoms with E-state index in [2.05, 4.69) is 52.7 Å². The van der Waals surface area contributed by atoms with Crippen LogP contribution in [0.15, 0.2) is 42.5 Å². The van der Waals surface area contributed by atoms with Crippen LogP contribution in [-0.2, 0) is 9.59 Å². The van der Waals surface area contributed by atoms with Crippen molar-refractivity contribution >= 4 is 22.6 Å². The smallest absolute Gasteiger partial charge is 0.234 e. The Morgan fingerprint density at radius 2 is 1.93 bits per heavy atom. The molecule has 0 aromatic heterocycles. The fraction of sp³-hybridized carbons (Fsp3) is 0.478. The number of nitrogens with zero attached hydrogens (tertiary/aromatic N) is 2. The van der Waals surface area contributed by atoms with Gasteiger partial charge >= 0.3 is 0 Å². The molecule has 5 nitrogen and oxygen atoms in total. The van der Waals surface area contributed by atoms with Crippen molar-refractivity contribution in [3.63, 3.8) is 0 Å². The van der Waals surface area contributed by atoms with Crippen molar-refractivity contribution in [1.82, 2.24) is 15.1 Å². The second kappa shape index (κ2) is 8.74. The standard InChI is InChI=1S/C23H29N3O2/c27-22(24-13-6-16-25-14-5-12-23(25)28)17-26-15-4-11-21(26)20-10-3-8-18-7-1-2-9-19(18)20/h1-3,7-10,21H,4-6,11-17H2,(H,24,27). The van der Waals surface area contributed by atoms with Crippen LogP contribution >= 0.6 is 0 Å². The van der Waals surface area contributed by atoms with Gasteiger partial charge in [-0.25, -0.2) is 0 Å². The van der Waals surface area contributed by atoms with E-state index in [1.807, 2.05) is 4.90 Å². The molecule has 1 unspecified atom stereocenters. The molecule has 5 heteroatoms. The zero-order valence-electron chi connectivity index (χ0n) is 16.4. The minimum atomic E-state index is 0.0832. The molecule has 0 bridgehead atoms. The average molecular weight is 380 g/mol. The third-order valence-corrected chi connectivity index (χ3v) is 5.99. The number of fused-ring (bicyclic) bond motifs is 1.